The van der Waals surface area contributed by atoms with Crippen molar-refractivity contribution in [1.82, 2.24) is 10.9 Å². The molecule has 0 saturated heterocycles. The zero-order valence-electron chi connectivity index (χ0n) is 8.30. The van der Waals surface area contributed by atoms with Crippen LogP contribution in [0.4, 0.5) is 10.1 Å². The van der Waals surface area contributed by atoms with Gasteiger partial charge in [0.15, 0.2) is 5.11 Å². The van der Waals surface area contributed by atoms with E-state index in [1.54, 1.807) is 0 Å². The quantitative estimate of drug-likeness (QED) is 0.533. The van der Waals surface area contributed by atoms with E-state index in [2.05, 4.69) is 16.2 Å². The summed E-state index contributed by atoms with van der Waals surface area (Å²) in [6.07, 6.45) is 0. The van der Waals surface area contributed by atoms with E-state index in [9.17, 15) is 9.18 Å². The van der Waals surface area contributed by atoms with Gasteiger partial charge in [-0.05, 0) is 30.4 Å². The molecule has 0 aliphatic rings. The summed E-state index contributed by atoms with van der Waals surface area (Å²) in [7, 11) is 0. The molecule has 0 heterocycles. The standard InChI is InChI=1S/C9H9ClFN3OS/c1-5(15)13-14-9(16)12-6-2-3-8(11)7(10)4-6/h2-4H,1H3,(H,13,15)(H2,12,14,16). The first-order valence-electron chi connectivity index (χ1n) is 4.27. The van der Waals surface area contributed by atoms with Crippen LogP contribution in [0.5, 0.6) is 0 Å². The van der Waals surface area contributed by atoms with Crippen LogP contribution >= 0.6 is 23.8 Å². The molecule has 0 saturated carbocycles. The van der Waals surface area contributed by atoms with Crippen molar-refractivity contribution < 1.29 is 9.18 Å². The lowest BCUT2D eigenvalue weighted by molar-refractivity contribution is -0.119. The Hall–Kier alpha value is -1.40. The summed E-state index contributed by atoms with van der Waals surface area (Å²) in [4.78, 5) is 10.6. The number of hydrogen-bond acceptors (Lipinski definition) is 2. The first kappa shape index (κ1) is 12.7. The zero-order valence-corrected chi connectivity index (χ0v) is 9.88. The predicted octanol–water partition coefficient (Wildman–Crippen LogP) is 1.82. The fourth-order valence-electron chi connectivity index (χ4n) is 0.881. The van der Waals surface area contributed by atoms with Crippen molar-refractivity contribution >= 4 is 40.5 Å². The molecule has 1 amide bonds. The molecule has 0 atom stereocenters. The fourth-order valence-corrected chi connectivity index (χ4v) is 1.23. The van der Waals surface area contributed by atoms with E-state index in [1.807, 2.05) is 0 Å². The maximum Gasteiger partial charge on any atom is 0.235 e. The van der Waals surface area contributed by atoms with Crippen LogP contribution in [0, 0.1) is 5.82 Å². The number of halogens is 2. The average Bonchev–Trinajstić information content (AvgIpc) is 2.21. The number of thiocarbonyl (C=S) groups is 1. The van der Waals surface area contributed by atoms with E-state index in [0.717, 1.165) is 0 Å². The smallest absolute Gasteiger partial charge is 0.235 e. The van der Waals surface area contributed by atoms with E-state index in [0.29, 0.717) is 5.69 Å². The number of carbonyl (C=O) groups is 1. The van der Waals surface area contributed by atoms with Gasteiger partial charge in [-0.2, -0.15) is 0 Å². The topological polar surface area (TPSA) is 53.2 Å². The Balaban J connectivity index is 2.56. The van der Waals surface area contributed by atoms with Crippen LogP contribution in [0.2, 0.25) is 5.02 Å². The number of amides is 1. The number of nitrogens with one attached hydrogen (secondary N) is 3. The summed E-state index contributed by atoms with van der Waals surface area (Å²) in [6.45, 7) is 1.34. The monoisotopic (exact) mass is 261 g/mol. The summed E-state index contributed by atoms with van der Waals surface area (Å²) >= 11 is 10.4. The van der Waals surface area contributed by atoms with Crippen LogP contribution in [0.15, 0.2) is 18.2 Å². The molecule has 0 bridgehead atoms. The normalized spacial score (nSPS) is 9.44. The highest BCUT2D eigenvalue weighted by Crippen LogP contribution is 2.18. The van der Waals surface area contributed by atoms with Gasteiger partial charge < -0.3 is 5.32 Å². The van der Waals surface area contributed by atoms with Crippen LogP contribution in [0.3, 0.4) is 0 Å². The molecule has 1 aromatic carbocycles. The maximum atomic E-state index is 12.8. The van der Waals surface area contributed by atoms with Gasteiger partial charge in [-0.3, -0.25) is 15.6 Å². The number of hydrazine groups is 1. The second kappa shape index (κ2) is 5.62. The van der Waals surface area contributed by atoms with Crippen molar-refractivity contribution in [2.75, 3.05) is 5.32 Å². The van der Waals surface area contributed by atoms with Crippen molar-refractivity contribution in [3.8, 4) is 0 Å². The number of rotatable bonds is 1. The molecule has 16 heavy (non-hydrogen) atoms. The molecule has 0 aliphatic carbocycles. The summed E-state index contributed by atoms with van der Waals surface area (Å²) in [5, 5.41) is 2.89. The second-order valence-electron chi connectivity index (χ2n) is 2.89. The molecule has 0 spiro atoms. The van der Waals surface area contributed by atoms with Gasteiger partial charge in [0.25, 0.3) is 0 Å². The lowest BCUT2D eigenvalue weighted by atomic mass is 10.3. The van der Waals surface area contributed by atoms with Gasteiger partial charge in [-0.15, -0.1) is 0 Å². The third-order valence-electron chi connectivity index (χ3n) is 1.53. The summed E-state index contributed by atoms with van der Waals surface area (Å²) in [5.74, 6) is -0.783. The van der Waals surface area contributed by atoms with Gasteiger partial charge in [0.05, 0.1) is 5.02 Å². The second-order valence-corrected chi connectivity index (χ2v) is 3.70. The van der Waals surface area contributed by atoms with Crippen molar-refractivity contribution in [3.63, 3.8) is 0 Å². The van der Waals surface area contributed by atoms with E-state index >= 15 is 0 Å². The van der Waals surface area contributed by atoms with Crippen molar-refractivity contribution in [1.29, 1.82) is 0 Å². The van der Waals surface area contributed by atoms with Gasteiger partial charge >= 0.3 is 0 Å². The van der Waals surface area contributed by atoms with Gasteiger partial charge in [0.1, 0.15) is 5.82 Å². The molecule has 0 fully saturated rings. The van der Waals surface area contributed by atoms with Gasteiger partial charge in [0.2, 0.25) is 5.91 Å². The van der Waals surface area contributed by atoms with Crippen LogP contribution in [-0.4, -0.2) is 11.0 Å². The maximum absolute atomic E-state index is 12.8. The Morgan fingerprint density at radius 3 is 2.69 bits per heavy atom. The minimum absolute atomic E-state index is 0.00710. The number of carbonyl (C=O) groups excluding carboxylic acids is 1. The molecule has 0 unspecified atom stereocenters. The van der Waals surface area contributed by atoms with Gasteiger partial charge in [-0.25, -0.2) is 4.39 Å². The zero-order chi connectivity index (χ0) is 12.1. The number of benzene rings is 1. The average molecular weight is 262 g/mol. The first-order valence-corrected chi connectivity index (χ1v) is 5.06. The minimum atomic E-state index is -0.507. The SMILES string of the molecule is CC(=O)NNC(=S)Nc1ccc(F)c(Cl)c1. The predicted molar refractivity (Wildman–Crippen MR) is 64.6 cm³/mol. The molecular formula is C9H9ClFN3OS. The Morgan fingerprint density at radius 1 is 1.44 bits per heavy atom. The van der Waals surface area contributed by atoms with Crippen molar-refractivity contribution in [2.45, 2.75) is 6.92 Å². The van der Waals surface area contributed by atoms with Crippen LogP contribution < -0.4 is 16.2 Å². The van der Waals surface area contributed by atoms with E-state index in [4.69, 9.17) is 23.8 Å². The molecule has 3 N–H and O–H groups in total. The molecule has 4 nitrogen and oxygen atoms in total. The molecular weight excluding hydrogens is 253 g/mol. The highest BCUT2D eigenvalue weighted by molar-refractivity contribution is 7.80. The lowest BCUT2D eigenvalue weighted by Gasteiger charge is -2.10. The Morgan fingerprint density at radius 2 is 2.12 bits per heavy atom. The number of anilines is 1. The highest BCUT2D eigenvalue weighted by Gasteiger charge is 2.02. The summed E-state index contributed by atoms with van der Waals surface area (Å²) < 4.78 is 12.8. The molecule has 1 aromatic rings. The molecule has 86 valence electrons. The molecule has 1 rings (SSSR count). The molecule has 0 aromatic heterocycles. The van der Waals surface area contributed by atoms with Crippen molar-refractivity contribution in [3.05, 3.63) is 29.0 Å². The van der Waals surface area contributed by atoms with Crippen LogP contribution in [0.1, 0.15) is 6.92 Å². The molecule has 0 aliphatic heterocycles. The van der Waals surface area contributed by atoms with Crippen molar-refractivity contribution in [2.24, 2.45) is 0 Å². The molecule has 0 radical (unpaired) electrons. The van der Waals surface area contributed by atoms with Gasteiger partial charge in [-0.1, -0.05) is 11.6 Å². The van der Waals surface area contributed by atoms with Gasteiger partial charge in [0, 0.05) is 12.6 Å². The van der Waals surface area contributed by atoms with E-state index in [-0.39, 0.29) is 16.0 Å². The number of hydrogen-bond donors (Lipinski definition) is 3. The highest BCUT2D eigenvalue weighted by atomic mass is 35.5. The Bertz CT molecular complexity index is 427. The largest absolute Gasteiger partial charge is 0.331 e. The van der Waals surface area contributed by atoms with E-state index in [1.165, 1.54) is 25.1 Å². The Labute approximate surface area is 102 Å². The third-order valence-corrected chi connectivity index (χ3v) is 2.02. The minimum Gasteiger partial charge on any atom is -0.331 e. The third kappa shape index (κ3) is 4.00. The van der Waals surface area contributed by atoms with Crippen LogP contribution in [0.25, 0.3) is 0 Å². The first-order chi connectivity index (χ1) is 7.49. The summed E-state index contributed by atoms with van der Waals surface area (Å²) in [6, 6.07) is 4.08. The Kier molecular flexibility index (Phi) is 4.45. The van der Waals surface area contributed by atoms with E-state index < -0.39 is 5.82 Å². The summed E-state index contributed by atoms with van der Waals surface area (Å²) in [5.41, 5.74) is 5.26. The lowest BCUT2D eigenvalue weighted by Crippen LogP contribution is -2.42. The fraction of sp³-hybridized carbons (Fsp3) is 0.111. The molecule has 7 heteroatoms. The van der Waals surface area contributed by atoms with Crippen LogP contribution in [-0.2, 0) is 4.79 Å².